The van der Waals surface area contributed by atoms with Gasteiger partial charge in [-0.2, -0.15) is 0 Å². The highest BCUT2D eigenvalue weighted by atomic mass is 32.2. The Morgan fingerprint density at radius 2 is 1.84 bits per heavy atom. The molecule has 2 heterocycles. The minimum atomic E-state index is -0.357. The highest BCUT2D eigenvalue weighted by Crippen LogP contribution is 2.28. The largest absolute Gasteiger partial charge is 0.423 e. The molecule has 0 N–H and O–H groups in total. The van der Waals surface area contributed by atoms with Crippen LogP contribution in [0.4, 0.5) is 0 Å². The summed E-state index contributed by atoms with van der Waals surface area (Å²) in [6.45, 7) is 1.96. The van der Waals surface area contributed by atoms with Crippen LogP contribution in [0.1, 0.15) is 11.1 Å². The lowest BCUT2D eigenvalue weighted by molar-refractivity contribution is 0.466. The molecule has 25 heavy (non-hydrogen) atoms. The van der Waals surface area contributed by atoms with Crippen LogP contribution in [-0.4, -0.2) is 10.2 Å². The maximum absolute atomic E-state index is 11.8. The van der Waals surface area contributed by atoms with Crippen molar-refractivity contribution in [3.8, 4) is 11.5 Å². The molecule has 0 atom stereocenters. The summed E-state index contributed by atoms with van der Waals surface area (Å²) in [7, 11) is 0. The van der Waals surface area contributed by atoms with Crippen molar-refractivity contribution >= 4 is 22.7 Å². The van der Waals surface area contributed by atoms with E-state index in [1.54, 1.807) is 0 Å². The van der Waals surface area contributed by atoms with Gasteiger partial charge in [0.05, 0.1) is 0 Å². The number of aromatic nitrogens is 2. The Hall–Kier alpha value is -2.86. The van der Waals surface area contributed by atoms with E-state index in [2.05, 4.69) is 10.2 Å². The fourth-order valence-electron chi connectivity index (χ4n) is 2.56. The van der Waals surface area contributed by atoms with Gasteiger partial charge in [-0.05, 0) is 36.2 Å². The summed E-state index contributed by atoms with van der Waals surface area (Å²) in [5.74, 6) is 1.03. The number of thioether (sulfide) groups is 1. The van der Waals surface area contributed by atoms with Gasteiger partial charge >= 0.3 is 5.63 Å². The van der Waals surface area contributed by atoms with Crippen molar-refractivity contribution in [2.75, 3.05) is 0 Å². The normalized spacial score (nSPS) is 11.1. The summed E-state index contributed by atoms with van der Waals surface area (Å²) in [4.78, 5) is 11.8. The second-order valence-electron chi connectivity index (χ2n) is 5.62. The highest BCUT2D eigenvalue weighted by molar-refractivity contribution is 7.98. The van der Waals surface area contributed by atoms with Crippen molar-refractivity contribution < 1.29 is 8.83 Å². The molecule has 0 saturated heterocycles. The smallest absolute Gasteiger partial charge is 0.336 e. The first-order valence-electron chi connectivity index (χ1n) is 7.74. The molecule has 0 bridgehead atoms. The summed E-state index contributed by atoms with van der Waals surface area (Å²) in [6.07, 6.45) is 0. The van der Waals surface area contributed by atoms with Gasteiger partial charge in [-0.3, -0.25) is 0 Å². The molecule has 6 heteroatoms. The molecule has 0 unspecified atom stereocenters. The SMILES string of the molecule is Cc1ccc2c(CSc3nnc(-c4ccccc4)o3)cc(=O)oc2c1. The number of hydrogen-bond donors (Lipinski definition) is 0. The van der Waals surface area contributed by atoms with Crippen LogP contribution in [0.25, 0.3) is 22.4 Å². The highest BCUT2D eigenvalue weighted by Gasteiger charge is 2.11. The molecule has 0 amide bonds. The molecule has 124 valence electrons. The Morgan fingerprint density at radius 3 is 2.68 bits per heavy atom. The lowest BCUT2D eigenvalue weighted by Crippen LogP contribution is -2.00. The third-order valence-electron chi connectivity index (χ3n) is 3.76. The molecular formula is C19H14N2O3S. The Labute approximate surface area is 147 Å². The monoisotopic (exact) mass is 350 g/mol. The van der Waals surface area contributed by atoms with Crippen LogP contribution in [-0.2, 0) is 5.75 Å². The Bertz CT molecular complexity index is 1090. The number of aryl methyl sites for hydroxylation is 1. The minimum absolute atomic E-state index is 0.357. The molecule has 4 rings (SSSR count). The fraction of sp³-hybridized carbons (Fsp3) is 0.105. The lowest BCUT2D eigenvalue weighted by atomic mass is 10.1. The van der Waals surface area contributed by atoms with Gasteiger partial charge in [-0.25, -0.2) is 4.79 Å². The van der Waals surface area contributed by atoms with Crippen molar-refractivity contribution in [1.29, 1.82) is 0 Å². The fourth-order valence-corrected chi connectivity index (χ4v) is 3.32. The van der Waals surface area contributed by atoms with Crippen molar-refractivity contribution in [3.63, 3.8) is 0 Å². The van der Waals surface area contributed by atoms with E-state index >= 15 is 0 Å². The van der Waals surface area contributed by atoms with E-state index in [0.717, 1.165) is 22.1 Å². The van der Waals surface area contributed by atoms with Crippen LogP contribution in [0, 0.1) is 6.92 Å². The average molecular weight is 350 g/mol. The minimum Gasteiger partial charge on any atom is -0.423 e. The molecule has 0 aliphatic heterocycles. The Balaban J connectivity index is 1.59. The predicted molar refractivity (Wildman–Crippen MR) is 96.5 cm³/mol. The standard InChI is InChI=1S/C19H14N2O3S/c1-12-7-8-15-14(10-17(22)23-16(15)9-12)11-25-19-21-20-18(24-19)13-5-3-2-4-6-13/h2-10H,11H2,1H3. The van der Waals surface area contributed by atoms with Crippen molar-refractivity contribution in [3.05, 3.63) is 76.1 Å². The van der Waals surface area contributed by atoms with Crippen molar-refractivity contribution in [2.45, 2.75) is 17.9 Å². The maximum atomic E-state index is 11.8. The number of benzene rings is 2. The van der Waals surface area contributed by atoms with Gasteiger partial charge in [0.1, 0.15) is 5.58 Å². The van der Waals surface area contributed by atoms with E-state index in [4.69, 9.17) is 8.83 Å². The van der Waals surface area contributed by atoms with E-state index in [1.807, 2.05) is 55.5 Å². The summed E-state index contributed by atoms with van der Waals surface area (Å²) >= 11 is 1.40. The number of fused-ring (bicyclic) bond motifs is 1. The van der Waals surface area contributed by atoms with Crippen LogP contribution in [0.5, 0.6) is 0 Å². The molecule has 4 aromatic rings. The van der Waals surface area contributed by atoms with Crippen molar-refractivity contribution in [2.24, 2.45) is 0 Å². The number of rotatable bonds is 4. The molecule has 0 fully saturated rings. The molecule has 0 saturated carbocycles. The van der Waals surface area contributed by atoms with E-state index in [1.165, 1.54) is 17.8 Å². The van der Waals surface area contributed by atoms with E-state index in [0.29, 0.717) is 22.4 Å². The molecule has 2 aromatic carbocycles. The van der Waals surface area contributed by atoms with E-state index in [-0.39, 0.29) is 5.63 Å². The molecule has 2 aromatic heterocycles. The second-order valence-corrected chi connectivity index (χ2v) is 6.54. The molecular weight excluding hydrogens is 336 g/mol. The molecule has 5 nitrogen and oxygen atoms in total. The zero-order valence-corrected chi connectivity index (χ0v) is 14.2. The maximum Gasteiger partial charge on any atom is 0.336 e. The second kappa shape index (κ2) is 6.57. The van der Waals surface area contributed by atoms with Crippen LogP contribution in [0.2, 0.25) is 0 Å². The average Bonchev–Trinajstić information content (AvgIpc) is 3.09. The van der Waals surface area contributed by atoms with Gasteiger partial charge in [0.15, 0.2) is 0 Å². The number of hydrogen-bond acceptors (Lipinski definition) is 6. The topological polar surface area (TPSA) is 69.1 Å². The molecule has 0 aliphatic rings. The molecule has 0 aliphatic carbocycles. The van der Waals surface area contributed by atoms with Crippen molar-refractivity contribution in [1.82, 2.24) is 10.2 Å². The summed E-state index contributed by atoms with van der Waals surface area (Å²) in [6, 6.07) is 16.9. The molecule has 0 radical (unpaired) electrons. The lowest BCUT2D eigenvalue weighted by Gasteiger charge is -2.04. The summed E-state index contributed by atoms with van der Waals surface area (Å²) < 4.78 is 11.0. The van der Waals surface area contributed by atoms with Crippen LogP contribution >= 0.6 is 11.8 Å². The summed E-state index contributed by atoms with van der Waals surface area (Å²) in [5.41, 5.74) is 3.05. The van der Waals surface area contributed by atoms with E-state index in [9.17, 15) is 4.79 Å². The van der Waals surface area contributed by atoms with Gasteiger partial charge in [-0.15, -0.1) is 10.2 Å². The van der Waals surface area contributed by atoms with Gasteiger partial charge in [-0.1, -0.05) is 42.1 Å². The van der Waals surface area contributed by atoms with Gasteiger partial charge in [0.25, 0.3) is 5.22 Å². The Morgan fingerprint density at radius 1 is 1.00 bits per heavy atom. The van der Waals surface area contributed by atoms with Crippen LogP contribution < -0.4 is 5.63 Å². The van der Waals surface area contributed by atoms with Crippen LogP contribution in [0.3, 0.4) is 0 Å². The zero-order valence-electron chi connectivity index (χ0n) is 13.4. The first-order chi connectivity index (χ1) is 12.2. The first-order valence-corrected chi connectivity index (χ1v) is 8.73. The quantitative estimate of drug-likeness (QED) is 0.400. The Kier molecular flexibility index (Phi) is 4.11. The van der Waals surface area contributed by atoms with Gasteiger partial charge in [0, 0.05) is 22.8 Å². The zero-order chi connectivity index (χ0) is 17.2. The van der Waals surface area contributed by atoms with Gasteiger partial charge < -0.3 is 8.83 Å². The predicted octanol–water partition coefficient (Wildman–Crippen LogP) is 4.44. The molecule has 0 spiro atoms. The third-order valence-corrected chi connectivity index (χ3v) is 4.63. The van der Waals surface area contributed by atoms with Crippen LogP contribution in [0.15, 0.2) is 73.4 Å². The number of nitrogens with zero attached hydrogens (tertiary/aromatic N) is 2. The first kappa shape index (κ1) is 15.7. The van der Waals surface area contributed by atoms with Gasteiger partial charge in [0.2, 0.25) is 5.89 Å². The summed E-state index contributed by atoms with van der Waals surface area (Å²) in [5, 5.41) is 9.52. The van der Waals surface area contributed by atoms with E-state index < -0.39 is 0 Å². The third kappa shape index (κ3) is 3.34.